The molecule has 0 saturated carbocycles. The van der Waals surface area contributed by atoms with Crippen LogP contribution in [0.3, 0.4) is 0 Å². The van der Waals surface area contributed by atoms with Crippen molar-refractivity contribution in [2.45, 2.75) is 25.1 Å². The molecule has 0 aromatic heterocycles. The summed E-state index contributed by atoms with van der Waals surface area (Å²) in [6, 6.07) is 2.89. The Balaban J connectivity index is 1.99. The first-order valence-electron chi connectivity index (χ1n) is 6.35. The van der Waals surface area contributed by atoms with Gasteiger partial charge in [0.05, 0.1) is 12.2 Å². The van der Waals surface area contributed by atoms with E-state index in [0.29, 0.717) is 19.4 Å². The van der Waals surface area contributed by atoms with Crippen LogP contribution >= 0.6 is 0 Å². The van der Waals surface area contributed by atoms with E-state index in [9.17, 15) is 22.0 Å². The van der Waals surface area contributed by atoms with Gasteiger partial charge in [-0.3, -0.25) is 0 Å². The van der Waals surface area contributed by atoms with Crippen LogP contribution in [0.2, 0.25) is 0 Å². The molecule has 1 fully saturated rings. The van der Waals surface area contributed by atoms with Crippen molar-refractivity contribution in [3.8, 4) is 0 Å². The van der Waals surface area contributed by atoms with E-state index in [4.69, 9.17) is 0 Å². The maximum atomic E-state index is 13.7. The Labute approximate surface area is 113 Å². The van der Waals surface area contributed by atoms with Gasteiger partial charge in [0.2, 0.25) is 0 Å². The summed E-state index contributed by atoms with van der Waals surface area (Å²) < 4.78 is 63.0. The van der Waals surface area contributed by atoms with Crippen LogP contribution in [-0.4, -0.2) is 31.9 Å². The zero-order chi connectivity index (χ0) is 14.8. The number of nitrogens with one attached hydrogen (secondary N) is 1. The molecule has 1 aromatic carbocycles. The highest BCUT2D eigenvalue weighted by molar-refractivity contribution is 5.48. The van der Waals surface area contributed by atoms with Gasteiger partial charge in [0.25, 0.3) is 0 Å². The largest absolute Gasteiger partial charge is 0.401 e. The maximum absolute atomic E-state index is 13.7. The quantitative estimate of drug-likeness (QED) is 0.862. The number of benzene rings is 1. The number of hydrogen-bond acceptors (Lipinski definition) is 2. The van der Waals surface area contributed by atoms with Crippen molar-refractivity contribution in [1.29, 1.82) is 0 Å². The van der Waals surface area contributed by atoms with Crippen molar-refractivity contribution in [2.75, 3.05) is 24.5 Å². The maximum Gasteiger partial charge on any atom is 0.401 e. The number of nitrogens with zero attached hydrogens (tertiary/aromatic N) is 1. The summed E-state index contributed by atoms with van der Waals surface area (Å²) in [6.45, 7) is -0.233. The lowest BCUT2D eigenvalue weighted by Crippen LogP contribution is -2.48. The molecule has 20 heavy (non-hydrogen) atoms. The predicted molar refractivity (Wildman–Crippen MR) is 65.7 cm³/mol. The standard InChI is InChI=1S/C13H15F5N2/c14-9-3-4-12(11(15)6-9)20-5-1-2-10(7-20)19-8-13(16,17)18/h3-4,6,10,19H,1-2,5,7-8H2. The molecule has 112 valence electrons. The Morgan fingerprint density at radius 2 is 2.00 bits per heavy atom. The van der Waals surface area contributed by atoms with Crippen LogP contribution in [0.5, 0.6) is 0 Å². The van der Waals surface area contributed by atoms with Crippen LogP contribution < -0.4 is 10.2 Å². The summed E-state index contributed by atoms with van der Waals surface area (Å²) in [6.07, 6.45) is -2.99. The van der Waals surface area contributed by atoms with E-state index < -0.39 is 24.4 Å². The summed E-state index contributed by atoms with van der Waals surface area (Å²) >= 11 is 0. The number of rotatable bonds is 3. The van der Waals surface area contributed by atoms with Crippen molar-refractivity contribution in [1.82, 2.24) is 5.32 Å². The second kappa shape index (κ2) is 5.95. The van der Waals surface area contributed by atoms with Crippen molar-refractivity contribution >= 4 is 5.69 Å². The number of halogens is 5. The van der Waals surface area contributed by atoms with Gasteiger partial charge in [-0.25, -0.2) is 8.78 Å². The Hall–Kier alpha value is -1.37. The molecule has 2 nitrogen and oxygen atoms in total. The first-order chi connectivity index (χ1) is 9.35. The highest BCUT2D eigenvalue weighted by Crippen LogP contribution is 2.24. The molecule has 1 aromatic rings. The van der Waals surface area contributed by atoms with Crippen molar-refractivity contribution < 1.29 is 22.0 Å². The average Bonchev–Trinajstić information content (AvgIpc) is 2.36. The highest BCUT2D eigenvalue weighted by Gasteiger charge is 2.30. The van der Waals surface area contributed by atoms with Gasteiger partial charge in [0.1, 0.15) is 11.6 Å². The van der Waals surface area contributed by atoms with Gasteiger partial charge in [-0.1, -0.05) is 0 Å². The van der Waals surface area contributed by atoms with E-state index in [-0.39, 0.29) is 18.3 Å². The summed E-state index contributed by atoms with van der Waals surface area (Å²) in [4.78, 5) is 1.65. The van der Waals surface area contributed by atoms with E-state index >= 15 is 0 Å². The molecule has 1 heterocycles. The first kappa shape index (κ1) is 15.0. The van der Waals surface area contributed by atoms with E-state index in [1.165, 1.54) is 6.07 Å². The summed E-state index contributed by atoms with van der Waals surface area (Å²) in [5, 5.41) is 2.43. The summed E-state index contributed by atoms with van der Waals surface area (Å²) in [5.74, 6) is -1.36. The van der Waals surface area contributed by atoms with Gasteiger partial charge in [0, 0.05) is 25.2 Å². The lowest BCUT2D eigenvalue weighted by molar-refractivity contribution is -0.126. The number of alkyl halides is 3. The topological polar surface area (TPSA) is 15.3 Å². The molecule has 0 bridgehead atoms. The predicted octanol–water partition coefficient (Wildman–Crippen LogP) is 3.09. The molecule has 0 radical (unpaired) electrons. The third kappa shape index (κ3) is 4.06. The van der Waals surface area contributed by atoms with Crippen LogP contribution in [0.25, 0.3) is 0 Å². The van der Waals surface area contributed by atoms with Gasteiger partial charge in [-0.05, 0) is 25.0 Å². The molecule has 2 rings (SSSR count). The van der Waals surface area contributed by atoms with Gasteiger partial charge in [0.15, 0.2) is 0 Å². The third-order valence-corrected chi connectivity index (χ3v) is 3.26. The van der Waals surface area contributed by atoms with E-state index in [1.807, 2.05) is 0 Å². The molecule has 1 N–H and O–H groups in total. The first-order valence-corrected chi connectivity index (χ1v) is 6.35. The Morgan fingerprint density at radius 1 is 1.25 bits per heavy atom. The minimum absolute atomic E-state index is 0.227. The number of hydrogen-bond donors (Lipinski definition) is 1. The molecular formula is C13H15F5N2. The zero-order valence-electron chi connectivity index (χ0n) is 10.7. The van der Waals surface area contributed by atoms with Gasteiger partial charge >= 0.3 is 6.18 Å². The van der Waals surface area contributed by atoms with Crippen LogP contribution in [-0.2, 0) is 0 Å². The van der Waals surface area contributed by atoms with Crippen molar-refractivity contribution in [3.05, 3.63) is 29.8 Å². The van der Waals surface area contributed by atoms with Crippen LogP contribution in [0.4, 0.5) is 27.6 Å². The van der Waals surface area contributed by atoms with Gasteiger partial charge in [-0.15, -0.1) is 0 Å². The second-order valence-electron chi connectivity index (χ2n) is 4.88. The number of anilines is 1. The number of piperidine rings is 1. The lowest BCUT2D eigenvalue weighted by atomic mass is 10.0. The fraction of sp³-hybridized carbons (Fsp3) is 0.538. The van der Waals surface area contributed by atoms with Crippen molar-refractivity contribution in [3.63, 3.8) is 0 Å². The van der Waals surface area contributed by atoms with Crippen LogP contribution in [0.15, 0.2) is 18.2 Å². The minimum Gasteiger partial charge on any atom is -0.368 e. The van der Waals surface area contributed by atoms with E-state index in [2.05, 4.69) is 5.32 Å². The normalized spacial score (nSPS) is 20.2. The molecule has 1 unspecified atom stereocenters. The zero-order valence-corrected chi connectivity index (χ0v) is 10.7. The molecule has 1 aliphatic heterocycles. The second-order valence-corrected chi connectivity index (χ2v) is 4.88. The molecule has 0 spiro atoms. The van der Waals surface area contributed by atoms with E-state index in [0.717, 1.165) is 12.1 Å². The van der Waals surface area contributed by atoms with Gasteiger partial charge < -0.3 is 10.2 Å². The molecule has 1 atom stereocenters. The fourth-order valence-electron chi connectivity index (χ4n) is 2.36. The van der Waals surface area contributed by atoms with Gasteiger partial charge in [-0.2, -0.15) is 13.2 Å². The molecule has 1 saturated heterocycles. The third-order valence-electron chi connectivity index (χ3n) is 3.26. The molecule has 1 aliphatic rings. The Kier molecular flexibility index (Phi) is 4.47. The fourth-order valence-corrected chi connectivity index (χ4v) is 2.36. The lowest BCUT2D eigenvalue weighted by Gasteiger charge is -2.35. The summed E-state index contributed by atoms with van der Waals surface area (Å²) in [5.41, 5.74) is 0.227. The molecule has 7 heteroatoms. The van der Waals surface area contributed by atoms with Crippen LogP contribution in [0.1, 0.15) is 12.8 Å². The SMILES string of the molecule is Fc1ccc(N2CCCC(NCC(F)(F)F)C2)c(F)c1. The van der Waals surface area contributed by atoms with E-state index in [1.54, 1.807) is 4.90 Å². The monoisotopic (exact) mass is 294 g/mol. The smallest absolute Gasteiger partial charge is 0.368 e. The summed E-state index contributed by atoms with van der Waals surface area (Å²) in [7, 11) is 0. The molecule has 0 amide bonds. The van der Waals surface area contributed by atoms with Crippen molar-refractivity contribution in [2.24, 2.45) is 0 Å². The minimum atomic E-state index is -4.26. The molecular weight excluding hydrogens is 279 g/mol. The Bertz CT molecular complexity index is 461. The Morgan fingerprint density at radius 3 is 2.65 bits per heavy atom. The highest BCUT2D eigenvalue weighted by atomic mass is 19.4. The van der Waals surface area contributed by atoms with Crippen LogP contribution in [0, 0.1) is 11.6 Å². The molecule has 0 aliphatic carbocycles. The average molecular weight is 294 g/mol.